The molecule has 7 rings (SSSR count). The van der Waals surface area contributed by atoms with Gasteiger partial charge in [0.15, 0.2) is 6.08 Å². The number of nitrogens with one attached hydrogen (secondary N) is 4. The molecule has 4 amide bonds. The number of hydrogen-bond donors (Lipinski definition) is 5. The molecule has 5 N–H and O–H groups in total. The smallest absolute Gasteiger partial charge is 0.435 e. The first-order valence-electron chi connectivity index (χ1n) is 26.7. The van der Waals surface area contributed by atoms with Crippen molar-refractivity contribution in [1.82, 2.24) is 21.3 Å². The lowest BCUT2D eigenvalue weighted by molar-refractivity contribution is -0.159. The van der Waals surface area contributed by atoms with Crippen molar-refractivity contribution >= 4 is 66.0 Å². The molecule has 0 aliphatic carbocycles. The predicted octanol–water partition coefficient (Wildman–Crippen LogP) is 5.78. The van der Waals surface area contributed by atoms with Gasteiger partial charge in [-0.15, -0.1) is 0 Å². The van der Waals surface area contributed by atoms with E-state index in [4.69, 9.17) is 43.0 Å². The van der Waals surface area contributed by atoms with Crippen molar-refractivity contribution in [2.45, 2.75) is 156 Å². The van der Waals surface area contributed by atoms with Crippen molar-refractivity contribution in [2.24, 2.45) is 28.7 Å². The minimum absolute atomic E-state index is 0.0234. The minimum atomic E-state index is -0.922. The average molecular weight is 1190 g/mol. The van der Waals surface area contributed by atoms with Gasteiger partial charge < -0.3 is 57.8 Å². The third-order valence-electron chi connectivity index (χ3n) is 10.7. The highest BCUT2D eigenvalue weighted by atomic mass is 16.6. The summed E-state index contributed by atoms with van der Waals surface area (Å²) < 4.78 is 55.5. The normalized spacial score (nSPS) is 22.4. The van der Waals surface area contributed by atoms with Crippen LogP contribution in [0.3, 0.4) is 0 Å². The van der Waals surface area contributed by atoms with E-state index in [0.717, 1.165) is 12.2 Å². The van der Waals surface area contributed by atoms with Gasteiger partial charge in [0.05, 0.1) is 37.6 Å². The molecule has 462 valence electrons. The van der Waals surface area contributed by atoms with E-state index in [1.54, 1.807) is 114 Å². The maximum absolute atomic E-state index is 13.1. The second-order valence-corrected chi connectivity index (χ2v) is 22.7. The molecule has 0 aromatic rings. The van der Waals surface area contributed by atoms with Gasteiger partial charge in [-0.3, -0.25) is 39.9 Å². The van der Waals surface area contributed by atoms with E-state index in [1.165, 1.54) is 0 Å². The summed E-state index contributed by atoms with van der Waals surface area (Å²) in [4.78, 5) is 119. The average Bonchev–Trinajstić information content (AvgIpc) is 2.49. The molecule has 0 radical (unpaired) electrons. The lowest BCUT2D eigenvalue weighted by atomic mass is 9.83. The highest BCUT2D eigenvalue weighted by Gasteiger charge is 2.59. The molecule has 3 saturated heterocycles. The summed E-state index contributed by atoms with van der Waals surface area (Å²) in [6.07, 6.45) is 13.5. The zero-order valence-corrected chi connectivity index (χ0v) is 49.4. The number of amides is 4. The predicted molar refractivity (Wildman–Crippen MR) is 294 cm³/mol. The number of carbonyl (C=O) groups excluding carboxylic acids is 10. The fourth-order valence-corrected chi connectivity index (χ4v) is 7.67. The Balaban J connectivity index is 0.000000381. The van der Waals surface area contributed by atoms with Gasteiger partial charge in [0.1, 0.15) is 70.4 Å². The Bertz CT molecular complexity index is 2550. The van der Waals surface area contributed by atoms with Crippen LogP contribution in [-0.4, -0.2) is 144 Å². The van der Waals surface area contributed by atoms with Crippen LogP contribution >= 0.6 is 0 Å². The molecule has 0 saturated carbocycles. The van der Waals surface area contributed by atoms with E-state index in [9.17, 15) is 47.9 Å². The number of rotatable bonds is 15. The van der Waals surface area contributed by atoms with Gasteiger partial charge in [-0.1, -0.05) is 37.5 Å². The van der Waals surface area contributed by atoms with E-state index in [-0.39, 0.29) is 74.9 Å². The Hall–Kier alpha value is -8.26. The lowest BCUT2D eigenvalue weighted by Crippen LogP contribution is -2.40. The van der Waals surface area contributed by atoms with Crippen LogP contribution in [-0.2, 0) is 80.9 Å². The van der Waals surface area contributed by atoms with Gasteiger partial charge in [0.25, 0.3) is 6.26 Å². The summed E-state index contributed by atoms with van der Waals surface area (Å²) in [5.41, 5.74) is -2.19. The quantitative estimate of drug-likeness (QED) is 0.0190. The molecule has 7 aliphatic rings. The van der Waals surface area contributed by atoms with Crippen molar-refractivity contribution in [2.75, 3.05) is 26.4 Å². The maximum atomic E-state index is 13.1. The molecule has 4 bridgehead atoms. The molecule has 0 spiro atoms. The number of cyclic esters (lactones) is 4. The zero-order valence-electron chi connectivity index (χ0n) is 49.4. The van der Waals surface area contributed by atoms with Crippen molar-refractivity contribution in [3.8, 4) is 0 Å². The topological polar surface area (TPSA) is 353 Å². The monoisotopic (exact) mass is 1180 g/mol. The molecule has 8 unspecified atom stereocenters. The molecule has 27 nitrogen and oxygen atoms in total. The number of amidine groups is 1. The maximum Gasteiger partial charge on any atom is 0.435 e. The molecule has 27 heteroatoms. The largest absolute Gasteiger partial charge is 0.465 e. The Labute approximate surface area is 487 Å². The van der Waals surface area contributed by atoms with Crippen LogP contribution in [0.5, 0.6) is 0 Å². The molecule has 7 heterocycles. The van der Waals surface area contributed by atoms with Crippen molar-refractivity contribution in [1.29, 1.82) is 0 Å². The van der Waals surface area contributed by atoms with Crippen LogP contribution in [0.1, 0.15) is 109 Å². The van der Waals surface area contributed by atoms with E-state index in [0.29, 0.717) is 18.5 Å². The van der Waals surface area contributed by atoms with E-state index >= 15 is 0 Å². The summed E-state index contributed by atoms with van der Waals surface area (Å²) in [6, 6.07) is 0. The molecule has 8 atom stereocenters. The van der Waals surface area contributed by atoms with Crippen LogP contribution < -0.4 is 21.3 Å². The van der Waals surface area contributed by atoms with Gasteiger partial charge >= 0.3 is 60.2 Å². The Morgan fingerprint density at radius 3 is 1.50 bits per heavy atom. The molecular weight excluding hydrogens is 1110 g/mol. The molecule has 0 aromatic heterocycles. The first-order valence-corrected chi connectivity index (χ1v) is 26.7. The first-order chi connectivity index (χ1) is 39.0. The highest BCUT2D eigenvalue weighted by Crippen LogP contribution is 2.44. The van der Waals surface area contributed by atoms with Crippen molar-refractivity contribution < 1.29 is 105 Å². The van der Waals surface area contributed by atoms with Crippen LogP contribution in [0.4, 0.5) is 19.2 Å². The number of aliphatic imine (C=N–C) groups is 1. The molecule has 84 heavy (non-hydrogen) atoms. The van der Waals surface area contributed by atoms with E-state index < -0.39 is 107 Å². The summed E-state index contributed by atoms with van der Waals surface area (Å²) >= 11 is 0. The highest BCUT2D eigenvalue weighted by molar-refractivity contribution is 6.05. The van der Waals surface area contributed by atoms with Crippen LogP contribution in [0.25, 0.3) is 0 Å². The van der Waals surface area contributed by atoms with Crippen molar-refractivity contribution in [3.63, 3.8) is 0 Å². The molecule has 0 aromatic carbocycles. The van der Waals surface area contributed by atoms with Crippen LogP contribution in [0, 0.1) is 29.9 Å². The summed E-state index contributed by atoms with van der Waals surface area (Å²) in [5.74, 6) is -5.74. The number of hydrogen-bond acceptors (Lipinski definition) is 23. The second kappa shape index (κ2) is 32.0. The summed E-state index contributed by atoms with van der Waals surface area (Å²) in [6.45, 7) is 28.0. The third-order valence-corrected chi connectivity index (χ3v) is 10.7. The minimum Gasteiger partial charge on any atom is -0.465 e. The standard InChI is InChI=1S/C31H48N4O11.C10H19NO3.C8H6O4.C4H2O3.C4H3O/c1-18(33-26(38)44-29(2,3)4)32-15-17-42-25(37)23-20-14-13-19(43-20)22(23)24(36)41-16-11-12-21(34-27(39)45-30(5,6)7)35-28(40)46-31(8,9)10;1-8(6-5-7-12)11-9(13)14-10(2,3)4;9-7-5-3-1-2-4(11-3)6(5)8(10)12-7;5-3-1-2-4(6)7-3;1-2-4-5-3-1/h13-14,19-20,22-23,32H,1,11-12,15-17H2,2-10H3,(H,33,38)(H,34,35,39,40);12H,1,5-7H2,2-4H3,(H,11,13);1-6H;1-2H;1-3H/q;;;;+1. The molecule has 7 aliphatic heterocycles. The van der Waals surface area contributed by atoms with Crippen LogP contribution in [0.2, 0.25) is 0 Å². The number of carbonyl (C=O) groups is 10. The Kier molecular flexibility index (Phi) is 26.6. The number of aliphatic hydroxyl groups excluding tert-OH is 1. The number of ether oxygens (including phenoxy) is 11. The molecule has 3 fully saturated rings. The Morgan fingerprint density at radius 2 is 1.07 bits per heavy atom. The number of nitrogens with zero attached hydrogens (tertiary/aromatic N) is 1. The number of fused-ring (bicyclic) bond motifs is 7. The molecular formula is C57H78N5O22+. The summed E-state index contributed by atoms with van der Waals surface area (Å²) in [5, 5.41) is 18.7. The number of esters is 6. The summed E-state index contributed by atoms with van der Waals surface area (Å²) in [7, 11) is 0. The third kappa shape index (κ3) is 26.3. The number of alkyl carbamates (subject to hydrolysis) is 3. The fourth-order valence-electron chi connectivity index (χ4n) is 7.67. The SMILES string of the molecule is C=C(CCCO)NC(=O)OC(C)(C)C.C=C(NCCOC(=O)C1C2C=CC(O2)C1C(=O)OCCCC(=NC(=O)OC(C)(C)C)NC(=O)OC(C)(C)C)NC(=O)OC(C)(C)C.O=C1C=CC(=O)O1.O=C1OC(=O)C2C3C=CC(O3)C12.[C+]1=CC=CO1. The first kappa shape index (κ1) is 70.0. The van der Waals surface area contributed by atoms with Crippen LogP contribution in [0.15, 0.2) is 84.5 Å². The van der Waals surface area contributed by atoms with E-state index in [1.807, 2.05) is 12.2 Å². The van der Waals surface area contributed by atoms with Gasteiger partial charge in [-0.2, -0.15) is 4.99 Å². The van der Waals surface area contributed by atoms with Gasteiger partial charge in [0, 0.05) is 30.9 Å². The lowest BCUT2D eigenvalue weighted by Gasteiger charge is -2.23. The van der Waals surface area contributed by atoms with Gasteiger partial charge in [-0.25, -0.2) is 28.8 Å². The second-order valence-electron chi connectivity index (χ2n) is 22.7. The van der Waals surface area contributed by atoms with E-state index in [2.05, 4.69) is 59.9 Å². The van der Waals surface area contributed by atoms with Gasteiger partial charge in [0.2, 0.25) is 6.26 Å². The number of allylic oxidation sites excluding steroid dienone is 3. The zero-order chi connectivity index (χ0) is 63.2. The van der Waals surface area contributed by atoms with Gasteiger partial charge in [-0.05, 0) is 102 Å². The van der Waals surface area contributed by atoms with Crippen molar-refractivity contribution in [3.05, 3.63) is 85.8 Å². The number of aliphatic hydroxyl groups is 1. The fraction of sp³-hybridized carbons (Fsp3) is 0.561. The Morgan fingerprint density at radius 1 is 0.607 bits per heavy atom.